The van der Waals surface area contributed by atoms with E-state index >= 15 is 0 Å². The van der Waals surface area contributed by atoms with Gasteiger partial charge in [0.2, 0.25) is 5.91 Å². The summed E-state index contributed by atoms with van der Waals surface area (Å²) >= 11 is 0. The molecule has 1 aromatic heterocycles. The summed E-state index contributed by atoms with van der Waals surface area (Å²) in [5, 5.41) is 3.45. The van der Waals surface area contributed by atoms with E-state index in [1.165, 1.54) is 17.4 Å². The highest BCUT2D eigenvalue weighted by Crippen LogP contribution is 2.23. The molecule has 0 bridgehead atoms. The topological polar surface area (TPSA) is 95.1 Å². The lowest BCUT2D eigenvalue weighted by Crippen LogP contribution is -2.24. The van der Waals surface area contributed by atoms with Crippen LogP contribution in [0.15, 0.2) is 22.0 Å². The molecule has 0 spiro atoms. The van der Waals surface area contributed by atoms with Gasteiger partial charge in [-0.15, -0.1) is 0 Å². The van der Waals surface area contributed by atoms with E-state index in [1.54, 1.807) is 0 Å². The molecule has 1 atom stereocenters. The predicted octanol–water partition coefficient (Wildman–Crippen LogP) is 1.34. The van der Waals surface area contributed by atoms with E-state index in [9.17, 15) is 4.79 Å². The third-order valence-corrected chi connectivity index (χ3v) is 2.26. The van der Waals surface area contributed by atoms with Crippen LogP contribution in [-0.4, -0.2) is 24.0 Å². The molecule has 1 unspecified atom stereocenters. The molecular weight excluding hydrogens is 198 g/mol. The van der Waals surface area contributed by atoms with Crippen molar-refractivity contribution in [2.45, 2.75) is 6.42 Å². The maximum atomic E-state index is 11.5. The van der Waals surface area contributed by atoms with Gasteiger partial charge in [-0.3, -0.25) is 9.69 Å². The molecule has 0 N–H and O–H groups in total. The highest BCUT2D eigenvalue weighted by atomic mass is 16.4. The van der Waals surface area contributed by atoms with Gasteiger partial charge in [0.1, 0.15) is 6.26 Å². The molecule has 1 fully saturated rings. The number of anilines is 1. The molecule has 15 heavy (non-hydrogen) atoms. The van der Waals surface area contributed by atoms with Gasteiger partial charge in [0.05, 0.1) is 6.20 Å². The second kappa shape index (κ2) is 4.02. The molecule has 1 aromatic rings. The molecule has 1 aliphatic heterocycles. The molecule has 0 aliphatic carbocycles. The van der Waals surface area contributed by atoms with Crippen molar-refractivity contribution in [1.29, 1.82) is 0 Å². The van der Waals surface area contributed by atoms with Crippen molar-refractivity contribution in [2.24, 2.45) is 11.0 Å². The van der Waals surface area contributed by atoms with Crippen molar-refractivity contribution >= 4 is 11.9 Å². The number of nitrogens with zero attached hydrogens (tertiary/aromatic N) is 5. The first kappa shape index (κ1) is 9.54. The lowest BCUT2D eigenvalue weighted by molar-refractivity contribution is -0.117. The van der Waals surface area contributed by atoms with Crippen molar-refractivity contribution in [3.63, 3.8) is 0 Å². The van der Waals surface area contributed by atoms with Crippen molar-refractivity contribution in [1.82, 2.24) is 4.98 Å². The number of oxazole rings is 1. The van der Waals surface area contributed by atoms with E-state index in [2.05, 4.69) is 15.0 Å². The first-order chi connectivity index (χ1) is 7.31. The maximum absolute atomic E-state index is 11.5. The third-order valence-electron chi connectivity index (χ3n) is 2.26. The molecule has 1 saturated heterocycles. The normalized spacial score (nSPS) is 20.4. The first-order valence-corrected chi connectivity index (χ1v) is 4.52. The molecule has 0 saturated carbocycles. The smallest absolute Gasteiger partial charge is 0.303 e. The average Bonchev–Trinajstić information content (AvgIpc) is 2.83. The van der Waals surface area contributed by atoms with Crippen LogP contribution in [0.4, 0.5) is 6.01 Å². The van der Waals surface area contributed by atoms with Gasteiger partial charge >= 0.3 is 6.01 Å². The van der Waals surface area contributed by atoms with E-state index < -0.39 is 0 Å². The van der Waals surface area contributed by atoms with Gasteiger partial charge in [0.25, 0.3) is 0 Å². The number of hydrogen-bond donors (Lipinski definition) is 0. The monoisotopic (exact) mass is 207 g/mol. The van der Waals surface area contributed by atoms with Crippen LogP contribution in [0.5, 0.6) is 0 Å². The lowest BCUT2D eigenvalue weighted by Gasteiger charge is -2.10. The lowest BCUT2D eigenvalue weighted by atomic mass is 10.1. The SMILES string of the molecule is [N-]=[N+]=NCC1CC(=O)N(c2ncco2)C1. The minimum Gasteiger partial charge on any atom is -0.432 e. The van der Waals surface area contributed by atoms with Gasteiger partial charge in [-0.05, 0) is 11.4 Å². The Balaban J connectivity index is 2.05. The van der Waals surface area contributed by atoms with E-state index in [0.717, 1.165) is 0 Å². The minimum atomic E-state index is -0.0458. The Morgan fingerprint density at radius 3 is 3.33 bits per heavy atom. The molecule has 0 aromatic carbocycles. The second-order valence-electron chi connectivity index (χ2n) is 3.30. The van der Waals surface area contributed by atoms with Crippen molar-refractivity contribution in [3.05, 3.63) is 22.9 Å². The molecule has 7 nitrogen and oxygen atoms in total. The number of carbonyl (C=O) groups is 1. The molecule has 2 heterocycles. The number of azide groups is 1. The quantitative estimate of drug-likeness (QED) is 0.425. The Morgan fingerprint density at radius 2 is 2.67 bits per heavy atom. The summed E-state index contributed by atoms with van der Waals surface area (Å²) in [6.07, 6.45) is 3.29. The second-order valence-corrected chi connectivity index (χ2v) is 3.30. The number of aromatic nitrogens is 1. The Labute approximate surface area is 85.3 Å². The molecule has 2 rings (SSSR count). The molecule has 7 heteroatoms. The zero-order valence-corrected chi connectivity index (χ0v) is 7.91. The minimum absolute atomic E-state index is 0.0458. The Bertz CT molecular complexity index is 395. The first-order valence-electron chi connectivity index (χ1n) is 4.52. The van der Waals surface area contributed by atoms with Crippen LogP contribution in [0.25, 0.3) is 10.4 Å². The van der Waals surface area contributed by atoms with Gasteiger partial charge in [-0.1, -0.05) is 5.11 Å². The zero-order valence-electron chi connectivity index (χ0n) is 7.91. The van der Waals surface area contributed by atoms with E-state index in [0.29, 0.717) is 25.5 Å². The summed E-state index contributed by atoms with van der Waals surface area (Å²) in [6, 6.07) is 0.309. The van der Waals surface area contributed by atoms with Gasteiger partial charge in [-0.25, -0.2) is 4.98 Å². The Morgan fingerprint density at radius 1 is 1.80 bits per heavy atom. The fourth-order valence-electron chi connectivity index (χ4n) is 1.59. The third kappa shape index (κ3) is 1.92. The summed E-state index contributed by atoms with van der Waals surface area (Å²) in [5.41, 5.74) is 8.17. The summed E-state index contributed by atoms with van der Waals surface area (Å²) in [7, 11) is 0. The molecule has 1 amide bonds. The summed E-state index contributed by atoms with van der Waals surface area (Å²) in [5.74, 6) is 0.0101. The van der Waals surface area contributed by atoms with Gasteiger partial charge in [-0.2, -0.15) is 0 Å². The van der Waals surface area contributed by atoms with Crippen molar-refractivity contribution < 1.29 is 9.21 Å². The van der Waals surface area contributed by atoms with Crippen LogP contribution < -0.4 is 4.90 Å². The van der Waals surface area contributed by atoms with Gasteiger partial charge in [0.15, 0.2) is 0 Å². The van der Waals surface area contributed by atoms with Crippen molar-refractivity contribution in [3.8, 4) is 0 Å². The average molecular weight is 207 g/mol. The van der Waals surface area contributed by atoms with E-state index in [-0.39, 0.29) is 11.8 Å². The van der Waals surface area contributed by atoms with Crippen molar-refractivity contribution in [2.75, 3.05) is 18.0 Å². The highest BCUT2D eigenvalue weighted by molar-refractivity contribution is 5.93. The number of amides is 1. The maximum Gasteiger partial charge on any atom is 0.303 e. The van der Waals surface area contributed by atoms with Crippen LogP contribution in [0.2, 0.25) is 0 Å². The molecule has 0 radical (unpaired) electrons. The Hall–Kier alpha value is -2.01. The van der Waals surface area contributed by atoms with Crippen LogP contribution in [0, 0.1) is 5.92 Å². The molecule has 1 aliphatic rings. The summed E-state index contributed by atoms with van der Waals surface area (Å²) in [4.78, 5) is 19.6. The molecule has 78 valence electrons. The van der Waals surface area contributed by atoms with Crippen LogP contribution in [0.3, 0.4) is 0 Å². The fraction of sp³-hybridized carbons (Fsp3) is 0.500. The standard InChI is InChI=1S/C8H9N5O2/c9-12-11-4-6-3-7(14)13(5-6)8-10-1-2-15-8/h1-2,6H,3-5H2. The number of carbonyl (C=O) groups excluding carboxylic acids is 1. The van der Waals surface area contributed by atoms with Crippen LogP contribution >= 0.6 is 0 Å². The van der Waals surface area contributed by atoms with E-state index in [1.807, 2.05) is 0 Å². The zero-order chi connectivity index (χ0) is 10.7. The largest absolute Gasteiger partial charge is 0.432 e. The fourth-order valence-corrected chi connectivity index (χ4v) is 1.59. The highest BCUT2D eigenvalue weighted by Gasteiger charge is 2.32. The van der Waals surface area contributed by atoms with Crippen LogP contribution in [0.1, 0.15) is 6.42 Å². The predicted molar refractivity (Wildman–Crippen MR) is 51.0 cm³/mol. The van der Waals surface area contributed by atoms with Gasteiger partial charge < -0.3 is 4.42 Å². The Kier molecular flexibility index (Phi) is 2.55. The number of rotatable bonds is 3. The summed E-state index contributed by atoms with van der Waals surface area (Å²) in [6.45, 7) is 0.831. The number of hydrogen-bond acceptors (Lipinski definition) is 4. The molecular formula is C8H9N5O2. The van der Waals surface area contributed by atoms with E-state index in [4.69, 9.17) is 9.95 Å². The van der Waals surface area contributed by atoms with Gasteiger partial charge in [0, 0.05) is 24.4 Å². The summed E-state index contributed by atoms with van der Waals surface area (Å²) < 4.78 is 5.03. The van der Waals surface area contributed by atoms with Crippen LogP contribution in [-0.2, 0) is 4.79 Å².